The van der Waals surface area contributed by atoms with Crippen LogP contribution in [0.15, 0.2) is 4.34 Å². The van der Waals surface area contributed by atoms with Crippen molar-refractivity contribution in [2.45, 2.75) is 47.2 Å². The summed E-state index contributed by atoms with van der Waals surface area (Å²) in [5.41, 5.74) is 0. The third kappa shape index (κ3) is 5.71. The Hall–Kier alpha value is 0.380. The van der Waals surface area contributed by atoms with Gasteiger partial charge in [0.1, 0.15) is 0 Å². The molecule has 0 saturated heterocycles. The van der Waals surface area contributed by atoms with Crippen molar-refractivity contribution in [2.75, 3.05) is 5.75 Å². The van der Waals surface area contributed by atoms with Gasteiger partial charge in [-0.05, 0) is 6.42 Å². The first-order valence-corrected chi connectivity index (χ1v) is 9.51. The van der Waals surface area contributed by atoms with Crippen molar-refractivity contribution in [3.05, 3.63) is 5.01 Å². The minimum Gasteiger partial charge on any atom is -0.221 e. The molecule has 19 heavy (non-hydrogen) atoms. The van der Waals surface area contributed by atoms with Gasteiger partial charge in [0.15, 0.2) is 5.01 Å². The molecule has 0 N–H and O–H groups in total. The zero-order chi connectivity index (χ0) is 14.5. The van der Waals surface area contributed by atoms with Gasteiger partial charge in [-0.25, -0.2) is 8.42 Å². The van der Waals surface area contributed by atoms with Gasteiger partial charge in [0.2, 0.25) is 18.0 Å². The van der Waals surface area contributed by atoms with Crippen molar-refractivity contribution in [3.8, 4) is 0 Å². The summed E-state index contributed by atoms with van der Waals surface area (Å²) in [7, 11) is -3.42. The Kier molecular flexibility index (Phi) is 6.79. The number of unbranched alkanes of at least 4 members (excludes halogenated alkanes) is 4. The summed E-state index contributed by atoms with van der Waals surface area (Å²) in [5, 5.41) is 7.27. The normalized spacial score (nSPS) is 12.8. The van der Waals surface area contributed by atoms with Crippen LogP contribution in [0, 0.1) is 0 Å². The van der Waals surface area contributed by atoms with Gasteiger partial charge in [-0.1, -0.05) is 78.7 Å². The van der Waals surface area contributed by atoms with Crippen LogP contribution in [0.3, 0.4) is 0 Å². The number of sulfone groups is 1. The van der Waals surface area contributed by atoms with Gasteiger partial charge in [0.05, 0.1) is 5.75 Å². The van der Waals surface area contributed by atoms with Gasteiger partial charge in [-0.3, -0.25) is 0 Å². The van der Waals surface area contributed by atoms with Gasteiger partial charge >= 0.3 is 0 Å². The van der Waals surface area contributed by atoms with Crippen LogP contribution >= 0.6 is 46.1 Å². The molecular formula is C10H15Cl3N2O2S2. The van der Waals surface area contributed by atoms with E-state index in [1.165, 1.54) is 0 Å². The molecule has 0 aliphatic carbocycles. The van der Waals surface area contributed by atoms with Gasteiger partial charge < -0.3 is 0 Å². The highest BCUT2D eigenvalue weighted by Crippen LogP contribution is 2.40. The molecule has 0 aliphatic heterocycles. The lowest BCUT2D eigenvalue weighted by Crippen LogP contribution is -2.06. The van der Waals surface area contributed by atoms with Crippen molar-refractivity contribution in [2.24, 2.45) is 0 Å². The summed E-state index contributed by atoms with van der Waals surface area (Å²) < 4.78 is 22.2. The first-order chi connectivity index (χ1) is 8.77. The molecule has 110 valence electrons. The van der Waals surface area contributed by atoms with Crippen LogP contribution in [0.4, 0.5) is 0 Å². The number of aromatic nitrogens is 2. The van der Waals surface area contributed by atoms with Crippen molar-refractivity contribution in [1.82, 2.24) is 10.2 Å². The molecule has 0 aliphatic rings. The molecule has 0 bridgehead atoms. The highest BCUT2D eigenvalue weighted by molar-refractivity contribution is 7.93. The zero-order valence-corrected chi connectivity index (χ0v) is 14.3. The molecule has 1 aromatic rings. The molecule has 4 nitrogen and oxygen atoms in total. The molecule has 0 amide bonds. The average Bonchev–Trinajstić information content (AvgIpc) is 2.78. The highest BCUT2D eigenvalue weighted by atomic mass is 35.6. The van der Waals surface area contributed by atoms with Crippen molar-refractivity contribution in [3.63, 3.8) is 0 Å². The third-order valence-electron chi connectivity index (χ3n) is 2.43. The van der Waals surface area contributed by atoms with Crippen LogP contribution in [0.1, 0.15) is 44.0 Å². The zero-order valence-electron chi connectivity index (χ0n) is 10.4. The highest BCUT2D eigenvalue weighted by Gasteiger charge is 2.30. The Morgan fingerprint density at radius 1 is 1.11 bits per heavy atom. The van der Waals surface area contributed by atoms with Crippen LogP contribution in [0.5, 0.6) is 0 Å². The Morgan fingerprint density at radius 2 is 1.74 bits per heavy atom. The topological polar surface area (TPSA) is 59.9 Å². The van der Waals surface area contributed by atoms with E-state index in [1.54, 1.807) is 0 Å². The molecule has 0 fully saturated rings. The van der Waals surface area contributed by atoms with Gasteiger partial charge in [0, 0.05) is 0 Å². The fourth-order valence-electron chi connectivity index (χ4n) is 1.43. The lowest BCUT2D eigenvalue weighted by Gasteiger charge is -2.03. The number of nitrogens with zero attached hydrogens (tertiary/aromatic N) is 2. The molecule has 0 saturated carbocycles. The SMILES string of the molecule is CCCCCCCS(=O)(=O)c1nnc(C(Cl)(Cl)Cl)s1. The predicted molar refractivity (Wildman–Crippen MR) is 80.0 cm³/mol. The van der Waals surface area contributed by atoms with Gasteiger partial charge in [-0.15, -0.1) is 10.2 Å². The number of alkyl halides is 3. The lowest BCUT2D eigenvalue weighted by molar-refractivity contribution is 0.585. The van der Waals surface area contributed by atoms with Crippen LogP contribution < -0.4 is 0 Å². The smallest absolute Gasteiger partial charge is 0.221 e. The Labute approximate surface area is 132 Å². The molecule has 0 radical (unpaired) electrons. The Bertz CT molecular complexity index is 497. The predicted octanol–water partition coefficient (Wildman–Crippen LogP) is 4.11. The molecule has 0 unspecified atom stereocenters. The third-order valence-corrected chi connectivity index (χ3v) is 6.59. The van der Waals surface area contributed by atoms with Gasteiger partial charge in [0.25, 0.3) is 0 Å². The second kappa shape index (κ2) is 7.41. The summed E-state index contributed by atoms with van der Waals surface area (Å²) in [6.45, 7) is 2.11. The molecule has 0 aromatic carbocycles. The van der Waals surface area contributed by atoms with Crippen LogP contribution in [-0.4, -0.2) is 24.4 Å². The van der Waals surface area contributed by atoms with E-state index >= 15 is 0 Å². The summed E-state index contributed by atoms with van der Waals surface area (Å²) in [4.78, 5) is 0. The largest absolute Gasteiger partial charge is 0.243 e. The van der Waals surface area contributed by atoms with Crippen molar-refractivity contribution >= 4 is 56.0 Å². The lowest BCUT2D eigenvalue weighted by atomic mass is 10.2. The van der Waals surface area contributed by atoms with Crippen molar-refractivity contribution < 1.29 is 8.42 Å². The summed E-state index contributed by atoms with van der Waals surface area (Å²) in [6.07, 6.45) is 4.79. The van der Waals surface area contributed by atoms with E-state index < -0.39 is 13.6 Å². The Morgan fingerprint density at radius 3 is 2.26 bits per heavy atom. The second-order valence-electron chi connectivity index (χ2n) is 4.10. The molecular weight excluding hydrogens is 351 g/mol. The number of halogens is 3. The summed E-state index contributed by atoms with van der Waals surface area (Å²) >= 11 is 17.7. The van der Waals surface area contributed by atoms with E-state index in [0.29, 0.717) is 6.42 Å². The minimum absolute atomic E-state index is 0.0607. The first kappa shape index (κ1) is 17.4. The summed E-state index contributed by atoms with van der Waals surface area (Å²) in [6, 6.07) is 0. The van der Waals surface area contributed by atoms with E-state index in [1.807, 2.05) is 0 Å². The van der Waals surface area contributed by atoms with Crippen LogP contribution in [0.2, 0.25) is 0 Å². The van der Waals surface area contributed by atoms with Crippen LogP contribution in [0.25, 0.3) is 0 Å². The van der Waals surface area contributed by atoms with E-state index in [0.717, 1.165) is 37.0 Å². The van der Waals surface area contributed by atoms with E-state index in [-0.39, 0.29) is 15.1 Å². The monoisotopic (exact) mass is 364 g/mol. The molecule has 1 rings (SSSR count). The maximum absolute atomic E-state index is 12.0. The number of rotatable bonds is 7. The van der Waals surface area contributed by atoms with E-state index in [2.05, 4.69) is 17.1 Å². The van der Waals surface area contributed by atoms with Crippen LogP contribution in [-0.2, 0) is 13.6 Å². The maximum Gasteiger partial charge on any atom is 0.243 e. The van der Waals surface area contributed by atoms with E-state index in [9.17, 15) is 8.42 Å². The molecule has 1 aromatic heterocycles. The fraction of sp³-hybridized carbons (Fsp3) is 0.800. The second-order valence-corrected chi connectivity index (χ2v) is 9.65. The molecule has 0 spiro atoms. The maximum atomic E-state index is 12.0. The standard InChI is InChI=1S/C10H15Cl3N2O2S2/c1-2-3-4-5-6-7-19(16,17)9-15-14-8(18-9)10(11,12)13/h2-7H2,1H3. The van der Waals surface area contributed by atoms with E-state index in [4.69, 9.17) is 34.8 Å². The Balaban J connectivity index is 2.60. The fourth-order valence-corrected chi connectivity index (χ4v) is 4.26. The molecule has 0 atom stereocenters. The molecule has 1 heterocycles. The quantitative estimate of drug-likeness (QED) is 0.539. The average molecular weight is 366 g/mol. The minimum atomic E-state index is -3.42. The molecule has 9 heteroatoms. The number of hydrogen-bond donors (Lipinski definition) is 0. The number of hydrogen-bond acceptors (Lipinski definition) is 5. The summed E-state index contributed by atoms with van der Waals surface area (Å²) in [5.74, 6) is 0.0607. The van der Waals surface area contributed by atoms with Gasteiger partial charge in [-0.2, -0.15) is 0 Å². The van der Waals surface area contributed by atoms with Crippen molar-refractivity contribution in [1.29, 1.82) is 0 Å². The first-order valence-electron chi connectivity index (χ1n) is 5.91.